The summed E-state index contributed by atoms with van der Waals surface area (Å²) in [6.45, 7) is 1.97. The minimum absolute atomic E-state index is 0.0751. The SMILES string of the molecule is C#CC(C)Nc1ccc2sccc2c1. The van der Waals surface area contributed by atoms with E-state index < -0.39 is 0 Å². The van der Waals surface area contributed by atoms with Crippen molar-refractivity contribution in [2.24, 2.45) is 0 Å². The highest BCUT2D eigenvalue weighted by molar-refractivity contribution is 7.17. The molecule has 0 spiro atoms. The van der Waals surface area contributed by atoms with Crippen LogP contribution in [0.1, 0.15) is 6.92 Å². The van der Waals surface area contributed by atoms with E-state index in [1.165, 1.54) is 10.1 Å². The summed E-state index contributed by atoms with van der Waals surface area (Å²) in [6.07, 6.45) is 5.30. The number of rotatable bonds is 2. The van der Waals surface area contributed by atoms with Crippen molar-refractivity contribution < 1.29 is 0 Å². The molecule has 2 heteroatoms. The third kappa shape index (κ3) is 1.73. The normalized spacial score (nSPS) is 12.3. The van der Waals surface area contributed by atoms with Crippen LogP contribution < -0.4 is 5.32 Å². The molecule has 1 aromatic carbocycles. The van der Waals surface area contributed by atoms with Crippen LogP contribution in [0.4, 0.5) is 5.69 Å². The molecule has 0 amide bonds. The zero-order valence-electron chi connectivity index (χ0n) is 7.95. The third-order valence-electron chi connectivity index (χ3n) is 2.09. The summed E-state index contributed by atoms with van der Waals surface area (Å²) in [6, 6.07) is 8.50. The predicted molar refractivity (Wildman–Crippen MR) is 63.7 cm³/mol. The number of nitrogens with one attached hydrogen (secondary N) is 1. The maximum atomic E-state index is 5.30. The molecule has 1 N–H and O–H groups in total. The first kappa shape index (κ1) is 9.11. The van der Waals surface area contributed by atoms with Gasteiger partial charge < -0.3 is 5.32 Å². The Morgan fingerprint density at radius 1 is 1.43 bits per heavy atom. The highest BCUT2D eigenvalue weighted by atomic mass is 32.1. The fourth-order valence-electron chi connectivity index (χ4n) is 1.35. The monoisotopic (exact) mass is 201 g/mol. The molecule has 0 bridgehead atoms. The molecule has 1 unspecified atom stereocenters. The zero-order valence-corrected chi connectivity index (χ0v) is 8.77. The number of hydrogen-bond acceptors (Lipinski definition) is 2. The Morgan fingerprint density at radius 3 is 3.07 bits per heavy atom. The van der Waals surface area contributed by atoms with Gasteiger partial charge in [0.05, 0.1) is 6.04 Å². The maximum Gasteiger partial charge on any atom is 0.0845 e. The van der Waals surface area contributed by atoms with Crippen LogP contribution in [0, 0.1) is 12.3 Å². The van der Waals surface area contributed by atoms with Gasteiger partial charge in [0.1, 0.15) is 0 Å². The summed E-state index contributed by atoms with van der Waals surface area (Å²) < 4.78 is 1.31. The lowest BCUT2D eigenvalue weighted by Crippen LogP contribution is -2.11. The molecule has 1 nitrogen and oxygen atoms in total. The maximum absolute atomic E-state index is 5.30. The van der Waals surface area contributed by atoms with Gasteiger partial charge in [-0.1, -0.05) is 5.92 Å². The molecule has 2 aromatic rings. The minimum atomic E-state index is 0.0751. The summed E-state index contributed by atoms with van der Waals surface area (Å²) in [5.41, 5.74) is 1.08. The Labute approximate surface area is 87.8 Å². The molecule has 0 saturated heterocycles. The first-order valence-corrected chi connectivity index (χ1v) is 5.37. The second-order valence-corrected chi connectivity index (χ2v) is 4.15. The Kier molecular flexibility index (Phi) is 2.43. The molecule has 0 fully saturated rings. The zero-order chi connectivity index (χ0) is 9.97. The first-order valence-electron chi connectivity index (χ1n) is 4.49. The van der Waals surface area contributed by atoms with E-state index in [2.05, 4.69) is 40.9 Å². The molecule has 0 aliphatic rings. The predicted octanol–water partition coefficient (Wildman–Crippen LogP) is 3.33. The van der Waals surface area contributed by atoms with E-state index in [4.69, 9.17) is 6.42 Å². The summed E-state index contributed by atoms with van der Waals surface area (Å²) in [7, 11) is 0. The summed E-state index contributed by atoms with van der Waals surface area (Å²) in [5, 5.41) is 6.61. The van der Waals surface area contributed by atoms with E-state index in [1.54, 1.807) is 11.3 Å². The van der Waals surface area contributed by atoms with Crippen LogP contribution in [0.3, 0.4) is 0 Å². The van der Waals surface area contributed by atoms with E-state index in [1.807, 2.05) is 6.92 Å². The molecule has 0 radical (unpaired) electrons. The van der Waals surface area contributed by atoms with E-state index in [-0.39, 0.29) is 6.04 Å². The second-order valence-electron chi connectivity index (χ2n) is 3.21. The van der Waals surface area contributed by atoms with Crippen molar-refractivity contribution in [3.8, 4) is 12.3 Å². The van der Waals surface area contributed by atoms with Crippen molar-refractivity contribution in [3.63, 3.8) is 0 Å². The molecule has 1 heterocycles. The van der Waals surface area contributed by atoms with Crippen LogP contribution in [0.15, 0.2) is 29.6 Å². The van der Waals surface area contributed by atoms with Gasteiger partial charge in [-0.05, 0) is 42.0 Å². The van der Waals surface area contributed by atoms with Crippen LogP contribution in [0.2, 0.25) is 0 Å². The van der Waals surface area contributed by atoms with Crippen LogP contribution >= 0.6 is 11.3 Å². The molecule has 0 aliphatic carbocycles. The number of benzene rings is 1. The van der Waals surface area contributed by atoms with E-state index in [0.29, 0.717) is 0 Å². The topological polar surface area (TPSA) is 12.0 Å². The van der Waals surface area contributed by atoms with Gasteiger partial charge in [-0.15, -0.1) is 17.8 Å². The van der Waals surface area contributed by atoms with Gasteiger partial charge in [0.2, 0.25) is 0 Å². The van der Waals surface area contributed by atoms with Gasteiger partial charge in [0.15, 0.2) is 0 Å². The Hall–Kier alpha value is -1.46. The molecule has 2 rings (SSSR count). The molecular weight excluding hydrogens is 190 g/mol. The summed E-state index contributed by atoms with van der Waals surface area (Å²) in [4.78, 5) is 0. The largest absolute Gasteiger partial charge is 0.372 e. The summed E-state index contributed by atoms with van der Waals surface area (Å²) in [5.74, 6) is 2.65. The molecule has 0 saturated carbocycles. The van der Waals surface area contributed by atoms with Crippen molar-refractivity contribution in [3.05, 3.63) is 29.6 Å². The number of thiophene rings is 1. The fourth-order valence-corrected chi connectivity index (χ4v) is 2.12. The van der Waals surface area contributed by atoms with Gasteiger partial charge in [0.25, 0.3) is 0 Å². The first-order chi connectivity index (χ1) is 6.79. The van der Waals surface area contributed by atoms with Crippen molar-refractivity contribution in [2.45, 2.75) is 13.0 Å². The number of terminal acetylenes is 1. The molecule has 70 valence electrons. The van der Waals surface area contributed by atoms with Gasteiger partial charge >= 0.3 is 0 Å². The van der Waals surface area contributed by atoms with Crippen molar-refractivity contribution in [1.29, 1.82) is 0 Å². The lowest BCUT2D eigenvalue weighted by molar-refractivity contribution is 1.04. The molecule has 14 heavy (non-hydrogen) atoms. The van der Waals surface area contributed by atoms with Crippen LogP contribution in [0.25, 0.3) is 10.1 Å². The highest BCUT2D eigenvalue weighted by Crippen LogP contribution is 2.24. The van der Waals surface area contributed by atoms with Crippen molar-refractivity contribution in [2.75, 3.05) is 5.32 Å². The Bertz CT molecular complexity index is 478. The van der Waals surface area contributed by atoms with Gasteiger partial charge in [-0.3, -0.25) is 0 Å². The van der Waals surface area contributed by atoms with E-state index in [9.17, 15) is 0 Å². The Balaban J connectivity index is 2.31. The highest BCUT2D eigenvalue weighted by Gasteiger charge is 1.99. The minimum Gasteiger partial charge on any atom is -0.372 e. The smallest absolute Gasteiger partial charge is 0.0845 e. The third-order valence-corrected chi connectivity index (χ3v) is 2.98. The standard InChI is InChI=1S/C12H11NS/c1-3-9(2)13-11-4-5-12-10(8-11)6-7-14-12/h1,4-9,13H,2H3. The number of hydrogen-bond donors (Lipinski definition) is 1. The van der Waals surface area contributed by atoms with E-state index in [0.717, 1.165) is 5.69 Å². The molecule has 1 aromatic heterocycles. The van der Waals surface area contributed by atoms with Gasteiger partial charge in [-0.2, -0.15) is 0 Å². The molecule has 0 aliphatic heterocycles. The lowest BCUT2D eigenvalue weighted by Gasteiger charge is -2.08. The number of anilines is 1. The fraction of sp³-hybridized carbons (Fsp3) is 0.167. The van der Waals surface area contributed by atoms with Gasteiger partial charge in [0, 0.05) is 10.4 Å². The van der Waals surface area contributed by atoms with Crippen molar-refractivity contribution in [1.82, 2.24) is 0 Å². The average Bonchev–Trinajstić information content (AvgIpc) is 2.64. The van der Waals surface area contributed by atoms with Crippen molar-refractivity contribution >= 4 is 27.1 Å². The van der Waals surface area contributed by atoms with Gasteiger partial charge in [-0.25, -0.2) is 0 Å². The average molecular weight is 201 g/mol. The molecular formula is C12H11NS. The lowest BCUT2D eigenvalue weighted by atomic mass is 10.2. The van der Waals surface area contributed by atoms with E-state index >= 15 is 0 Å². The molecule has 1 atom stereocenters. The second kappa shape index (κ2) is 3.73. The summed E-state index contributed by atoms with van der Waals surface area (Å²) >= 11 is 1.75. The quantitative estimate of drug-likeness (QED) is 0.735. The Morgan fingerprint density at radius 2 is 2.29 bits per heavy atom. The van der Waals surface area contributed by atoms with Crippen LogP contribution in [-0.4, -0.2) is 6.04 Å². The number of fused-ring (bicyclic) bond motifs is 1. The van der Waals surface area contributed by atoms with Crippen LogP contribution in [-0.2, 0) is 0 Å². The van der Waals surface area contributed by atoms with Crippen LogP contribution in [0.5, 0.6) is 0 Å².